The van der Waals surface area contributed by atoms with E-state index in [1.807, 2.05) is 0 Å². The molecular formula is C6H11O8P. The quantitative estimate of drug-likeness (QED) is 0.285. The van der Waals surface area contributed by atoms with E-state index in [1.54, 1.807) is 0 Å². The lowest BCUT2D eigenvalue weighted by Crippen LogP contribution is -2.15. The number of carboxylic acid groups (broad SMARTS) is 1. The number of carboxylic acids is 1. The summed E-state index contributed by atoms with van der Waals surface area (Å²) < 4.78 is 20.0. The zero-order chi connectivity index (χ0) is 11.9. The fraction of sp³-hybridized carbons (Fsp3) is 0.667. The molecule has 0 unspecified atom stereocenters. The Morgan fingerprint density at radius 3 is 1.93 bits per heavy atom. The maximum atomic E-state index is 11.4. The maximum absolute atomic E-state index is 11.4. The molecule has 9 heteroatoms. The fourth-order valence-electron chi connectivity index (χ4n) is 0.688. The fourth-order valence-corrected chi connectivity index (χ4v) is 1.85. The Balaban J connectivity index is 4.24. The first kappa shape index (κ1) is 14.2. The van der Waals surface area contributed by atoms with E-state index in [9.17, 15) is 14.2 Å². The number of ketones is 1. The van der Waals surface area contributed by atoms with Gasteiger partial charge in [-0.3, -0.25) is 18.4 Å². The Morgan fingerprint density at radius 2 is 1.60 bits per heavy atom. The van der Waals surface area contributed by atoms with Crippen LogP contribution in [0.25, 0.3) is 0 Å². The lowest BCUT2D eigenvalue weighted by molar-refractivity contribution is -0.148. The van der Waals surface area contributed by atoms with Crippen molar-refractivity contribution in [3.63, 3.8) is 0 Å². The van der Waals surface area contributed by atoms with Gasteiger partial charge in [0, 0.05) is 6.42 Å². The van der Waals surface area contributed by atoms with Crippen molar-refractivity contribution in [2.24, 2.45) is 0 Å². The summed E-state index contributed by atoms with van der Waals surface area (Å²) in [7, 11) is -3.80. The zero-order valence-corrected chi connectivity index (χ0v) is 8.55. The van der Waals surface area contributed by atoms with E-state index in [2.05, 4.69) is 9.05 Å². The summed E-state index contributed by atoms with van der Waals surface area (Å²) in [5.74, 6) is -2.81. The first-order chi connectivity index (χ1) is 6.95. The Morgan fingerprint density at radius 1 is 1.13 bits per heavy atom. The largest absolute Gasteiger partial charge is 0.476 e. The third-order valence-electron chi connectivity index (χ3n) is 1.36. The highest BCUT2D eigenvalue weighted by molar-refractivity contribution is 7.53. The van der Waals surface area contributed by atoms with Gasteiger partial charge in [-0.05, 0) is 0 Å². The van der Waals surface area contributed by atoms with Gasteiger partial charge in [0.05, 0.1) is 6.16 Å². The monoisotopic (exact) mass is 242 g/mol. The molecule has 0 aliphatic heterocycles. The van der Waals surface area contributed by atoms with E-state index >= 15 is 0 Å². The molecular weight excluding hydrogens is 231 g/mol. The van der Waals surface area contributed by atoms with Gasteiger partial charge >= 0.3 is 13.6 Å². The predicted octanol–water partition coefficient (Wildman–Crippen LogP) is -0.844. The predicted molar refractivity (Wildman–Crippen MR) is 46.1 cm³/mol. The molecule has 88 valence electrons. The van der Waals surface area contributed by atoms with Gasteiger partial charge in [-0.15, -0.1) is 0 Å². The van der Waals surface area contributed by atoms with Crippen LogP contribution in [0.1, 0.15) is 6.42 Å². The van der Waals surface area contributed by atoms with Crippen LogP contribution in [-0.4, -0.2) is 46.8 Å². The Bertz CT molecular complexity index is 264. The molecule has 0 rings (SSSR count). The third kappa shape index (κ3) is 5.60. The summed E-state index contributed by atoms with van der Waals surface area (Å²) in [6, 6.07) is 0. The van der Waals surface area contributed by atoms with Gasteiger partial charge in [-0.2, -0.15) is 0 Å². The number of hydrogen-bond acceptors (Lipinski definition) is 7. The van der Waals surface area contributed by atoms with Gasteiger partial charge in [-0.1, -0.05) is 0 Å². The van der Waals surface area contributed by atoms with E-state index < -0.39 is 45.5 Å². The van der Waals surface area contributed by atoms with Crippen molar-refractivity contribution in [1.82, 2.24) is 0 Å². The summed E-state index contributed by atoms with van der Waals surface area (Å²) in [5, 5.41) is 24.9. The summed E-state index contributed by atoms with van der Waals surface area (Å²) in [6.07, 6.45) is -1.08. The van der Waals surface area contributed by atoms with Gasteiger partial charge in [0.1, 0.15) is 0 Å². The minimum atomic E-state index is -3.80. The van der Waals surface area contributed by atoms with Crippen molar-refractivity contribution in [2.45, 2.75) is 6.42 Å². The maximum Gasteiger partial charge on any atom is 0.372 e. The second-order valence-corrected chi connectivity index (χ2v) is 4.51. The van der Waals surface area contributed by atoms with Gasteiger partial charge < -0.3 is 15.3 Å². The second-order valence-electron chi connectivity index (χ2n) is 2.33. The van der Waals surface area contributed by atoms with E-state index in [4.69, 9.17) is 15.3 Å². The number of hydrogen-bond donors (Lipinski definition) is 3. The minimum absolute atomic E-state index is 0.515. The molecule has 0 heterocycles. The molecule has 0 fully saturated rings. The van der Waals surface area contributed by atoms with Crippen LogP contribution < -0.4 is 0 Å². The molecule has 0 aliphatic rings. The van der Waals surface area contributed by atoms with E-state index in [0.29, 0.717) is 0 Å². The van der Waals surface area contributed by atoms with Crippen LogP contribution in [-0.2, 0) is 23.2 Å². The van der Waals surface area contributed by atoms with Gasteiger partial charge in [0.25, 0.3) is 0 Å². The van der Waals surface area contributed by atoms with E-state index in [0.717, 1.165) is 0 Å². The van der Waals surface area contributed by atoms with Crippen LogP contribution in [0.2, 0.25) is 0 Å². The summed E-state index contributed by atoms with van der Waals surface area (Å²) >= 11 is 0. The number of rotatable bonds is 8. The summed E-state index contributed by atoms with van der Waals surface area (Å²) in [6.45, 7) is -1.84. The number of aliphatic carboxylic acids is 1. The van der Waals surface area contributed by atoms with Crippen LogP contribution in [0, 0.1) is 0 Å². The minimum Gasteiger partial charge on any atom is -0.476 e. The molecule has 0 saturated carbocycles. The van der Waals surface area contributed by atoms with Crippen molar-refractivity contribution in [3.05, 3.63) is 0 Å². The third-order valence-corrected chi connectivity index (χ3v) is 3.15. The normalized spacial score (nSPS) is 11.3. The average Bonchev–Trinajstić information content (AvgIpc) is 2.15. The number of Topliss-reactive ketones (excluding diaryl/α,β-unsaturated/α-hetero) is 1. The number of carbonyl (C=O) groups is 2. The molecule has 0 radical (unpaired) electrons. The van der Waals surface area contributed by atoms with Crippen LogP contribution in [0.5, 0.6) is 0 Å². The van der Waals surface area contributed by atoms with Crippen molar-refractivity contribution in [3.8, 4) is 0 Å². The zero-order valence-electron chi connectivity index (χ0n) is 7.66. The smallest absolute Gasteiger partial charge is 0.372 e. The highest BCUT2D eigenvalue weighted by atomic mass is 31.2. The average molecular weight is 242 g/mol. The standard InChI is InChI=1S/C6H11O8P/c7-3-13-15(12,14-4-8)2-1-5(9)6(10)11/h7-8H,1-4H2,(H,10,11). The first-order valence-electron chi connectivity index (χ1n) is 3.81. The van der Waals surface area contributed by atoms with Gasteiger partial charge in [0.15, 0.2) is 13.6 Å². The number of aliphatic hydroxyl groups is 2. The molecule has 0 bridgehead atoms. The number of aliphatic hydroxyl groups excluding tert-OH is 2. The van der Waals surface area contributed by atoms with Gasteiger partial charge in [-0.25, -0.2) is 4.79 Å². The second kappa shape index (κ2) is 6.65. The van der Waals surface area contributed by atoms with E-state index in [1.165, 1.54) is 0 Å². The molecule has 15 heavy (non-hydrogen) atoms. The summed E-state index contributed by atoms with van der Waals surface area (Å²) in [5.41, 5.74) is 0. The first-order valence-corrected chi connectivity index (χ1v) is 5.54. The molecule has 0 atom stereocenters. The molecule has 0 aromatic heterocycles. The summed E-state index contributed by atoms with van der Waals surface area (Å²) in [4.78, 5) is 20.8. The van der Waals surface area contributed by atoms with Crippen LogP contribution in [0.3, 0.4) is 0 Å². The molecule has 0 spiro atoms. The van der Waals surface area contributed by atoms with Crippen molar-refractivity contribution >= 4 is 19.3 Å². The van der Waals surface area contributed by atoms with Crippen molar-refractivity contribution in [1.29, 1.82) is 0 Å². The Labute approximate surface area is 85.0 Å². The Kier molecular flexibility index (Phi) is 6.30. The highest BCUT2D eigenvalue weighted by Crippen LogP contribution is 2.48. The lowest BCUT2D eigenvalue weighted by Gasteiger charge is -2.14. The molecule has 0 aliphatic carbocycles. The molecule has 0 amide bonds. The van der Waals surface area contributed by atoms with Crippen molar-refractivity contribution in [2.75, 3.05) is 19.7 Å². The van der Waals surface area contributed by atoms with Crippen LogP contribution in [0.15, 0.2) is 0 Å². The molecule has 8 nitrogen and oxygen atoms in total. The molecule has 0 saturated heterocycles. The SMILES string of the molecule is O=C(O)C(=O)CCP(=O)(OCO)OCO. The van der Waals surface area contributed by atoms with Crippen molar-refractivity contribution < 1.29 is 38.5 Å². The molecule has 3 N–H and O–H groups in total. The Hall–Kier alpha value is -0.790. The van der Waals surface area contributed by atoms with Crippen LogP contribution >= 0.6 is 7.60 Å². The van der Waals surface area contributed by atoms with E-state index in [-0.39, 0.29) is 0 Å². The molecule has 0 aromatic rings. The molecule has 0 aromatic carbocycles. The lowest BCUT2D eigenvalue weighted by atomic mass is 10.3. The highest BCUT2D eigenvalue weighted by Gasteiger charge is 2.26. The number of carbonyl (C=O) groups excluding carboxylic acids is 1. The van der Waals surface area contributed by atoms with Gasteiger partial charge in [0.2, 0.25) is 5.78 Å². The van der Waals surface area contributed by atoms with Crippen LogP contribution in [0.4, 0.5) is 0 Å². The topological polar surface area (TPSA) is 130 Å².